The monoisotopic (exact) mass is 469 g/mol. The third-order valence-corrected chi connectivity index (χ3v) is 5.95. The Morgan fingerprint density at radius 2 is 1.97 bits per heavy atom. The number of benzene rings is 1. The molecular formula is C23H28ClN7O2. The first-order valence-corrected chi connectivity index (χ1v) is 11.4. The van der Waals surface area contributed by atoms with Crippen molar-refractivity contribution in [1.82, 2.24) is 20.5 Å². The van der Waals surface area contributed by atoms with Gasteiger partial charge in [0.25, 0.3) is 0 Å². The molecule has 2 aliphatic rings. The van der Waals surface area contributed by atoms with E-state index in [1.54, 1.807) is 6.21 Å². The molecule has 1 fully saturated rings. The van der Waals surface area contributed by atoms with Gasteiger partial charge in [0.2, 0.25) is 11.9 Å². The average Bonchev–Trinajstić information content (AvgIpc) is 2.76. The molecular weight excluding hydrogens is 442 g/mol. The number of carbonyl (C=O) groups excluding carboxylic acids is 1. The molecule has 4 rings (SSSR count). The number of carbonyl (C=O) groups is 1. The zero-order chi connectivity index (χ0) is 23.6. The highest BCUT2D eigenvalue weighted by molar-refractivity contribution is 6.42. The summed E-state index contributed by atoms with van der Waals surface area (Å²) < 4.78 is 5.55. The largest absolute Gasteiger partial charge is 0.494 e. The summed E-state index contributed by atoms with van der Waals surface area (Å²) in [7, 11) is 0. The summed E-state index contributed by atoms with van der Waals surface area (Å²) in [5, 5.41) is 12.7. The SMILES string of the molecule is CCOc1ccc(-c2nnc(N3CC(NC(C)C)(C(N)=O)C3)nc2C2=C(Cl)C=NCC2)cc1. The van der Waals surface area contributed by atoms with E-state index in [-0.39, 0.29) is 11.9 Å². The first-order valence-electron chi connectivity index (χ1n) is 11.0. The Hall–Kier alpha value is -3.04. The quantitative estimate of drug-likeness (QED) is 0.609. The molecule has 1 saturated heterocycles. The van der Waals surface area contributed by atoms with Gasteiger partial charge in [-0.2, -0.15) is 0 Å². The van der Waals surface area contributed by atoms with Crippen molar-refractivity contribution >= 4 is 35.2 Å². The maximum Gasteiger partial charge on any atom is 0.246 e. The van der Waals surface area contributed by atoms with E-state index < -0.39 is 5.54 Å². The van der Waals surface area contributed by atoms with Gasteiger partial charge in [0.05, 0.1) is 11.6 Å². The zero-order valence-electron chi connectivity index (χ0n) is 19.0. The molecule has 0 spiro atoms. The van der Waals surface area contributed by atoms with Crippen LogP contribution in [-0.4, -0.2) is 65.1 Å². The number of nitrogens with two attached hydrogens (primary N) is 1. The Morgan fingerprint density at radius 1 is 1.24 bits per heavy atom. The molecule has 33 heavy (non-hydrogen) atoms. The molecule has 1 amide bonds. The summed E-state index contributed by atoms with van der Waals surface area (Å²) in [5.41, 5.74) is 7.90. The third kappa shape index (κ3) is 4.69. The minimum Gasteiger partial charge on any atom is -0.494 e. The van der Waals surface area contributed by atoms with Crippen LogP contribution in [0.1, 0.15) is 32.9 Å². The number of nitrogens with one attached hydrogen (secondary N) is 1. The van der Waals surface area contributed by atoms with Crippen LogP contribution in [0.2, 0.25) is 0 Å². The van der Waals surface area contributed by atoms with E-state index in [0.29, 0.717) is 55.0 Å². The highest BCUT2D eigenvalue weighted by Gasteiger charge is 2.49. The molecule has 0 atom stereocenters. The van der Waals surface area contributed by atoms with Crippen molar-refractivity contribution in [2.45, 2.75) is 38.8 Å². The van der Waals surface area contributed by atoms with E-state index in [1.165, 1.54) is 0 Å². The second kappa shape index (κ2) is 9.44. The summed E-state index contributed by atoms with van der Waals surface area (Å²) in [5.74, 6) is 0.825. The van der Waals surface area contributed by atoms with Gasteiger partial charge in [0.15, 0.2) is 0 Å². The zero-order valence-corrected chi connectivity index (χ0v) is 19.8. The second-order valence-electron chi connectivity index (χ2n) is 8.48. The highest BCUT2D eigenvalue weighted by atomic mass is 35.5. The minimum absolute atomic E-state index is 0.113. The molecule has 3 heterocycles. The lowest BCUT2D eigenvalue weighted by molar-refractivity contribution is -0.125. The molecule has 174 valence electrons. The number of ether oxygens (including phenoxy) is 1. The van der Waals surface area contributed by atoms with Crippen LogP contribution in [0.25, 0.3) is 16.8 Å². The Kier molecular flexibility index (Phi) is 6.62. The van der Waals surface area contributed by atoms with Crippen LogP contribution >= 0.6 is 11.6 Å². The van der Waals surface area contributed by atoms with E-state index in [4.69, 9.17) is 27.1 Å². The summed E-state index contributed by atoms with van der Waals surface area (Å²) in [4.78, 5) is 23.1. The molecule has 10 heteroatoms. The summed E-state index contributed by atoms with van der Waals surface area (Å²) >= 11 is 6.50. The first kappa shape index (κ1) is 23.1. The van der Waals surface area contributed by atoms with Crippen molar-refractivity contribution in [2.24, 2.45) is 10.7 Å². The molecule has 9 nitrogen and oxygen atoms in total. The van der Waals surface area contributed by atoms with Gasteiger partial charge in [-0.05, 0) is 51.5 Å². The van der Waals surface area contributed by atoms with Crippen LogP contribution in [0, 0.1) is 0 Å². The van der Waals surface area contributed by atoms with Crippen LogP contribution in [0.15, 0.2) is 34.3 Å². The van der Waals surface area contributed by atoms with Crippen LogP contribution in [0.4, 0.5) is 5.95 Å². The number of aliphatic imine (C=N–C) groups is 1. The van der Waals surface area contributed by atoms with Crippen molar-refractivity contribution in [3.05, 3.63) is 35.0 Å². The van der Waals surface area contributed by atoms with Gasteiger partial charge in [-0.15, -0.1) is 10.2 Å². The maximum atomic E-state index is 12.1. The molecule has 2 aromatic rings. The van der Waals surface area contributed by atoms with Gasteiger partial charge in [0.1, 0.15) is 22.7 Å². The minimum atomic E-state index is -0.806. The van der Waals surface area contributed by atoms with Gasteiger partial charge in [-0.25, -0.2) is 4.98 Å². The fourth-order valence-electron chi connectivity index (χ4n) is 4.10. The number of hydrogen-bond acceptors (Lipinski definition) is 8. The molecule has 3 N–H and O–H groups in total. The fourth-order valence-corrected chi connectivity index (χ4v) is 4.35. The van der Waals surface area contributed by atoms with Gasteiger partial charge < -0.3 is 15.4 Å². The predicted molar refractivity (Wildman–Crippen MR) is 130 cm³/mol. The van der Waals surface area contributed by atoms with E-state index in [9.17, 15) is 4.79 Å². The summed E-state index contributed by atoms with van der Waals surface area (Å²) in [6.07, 6.45) is 2.30. The molecule has 0 bridgehead atoms. The number of halogens is 1. The normalized spacial score (nSPS) is 17.3. The summed E-state index contributed by atoms with van der Waals surface area (Å²) in [6, 6.07) is 7.76. The van der Waals surface area contributed by atoms with Crippen LogP contribution in [0.5, 0.6) is 5.75 Å². The lowest BCUT2D eigenvalue weighted by Gasteiger charge is -2.49. The standard InChI is InChI=1S/C23H28ClN7O2/c1-4-33-16-7-5-15(6-8-16)19-20(17-9-10-26-11-18(17)24)27-22(30-29-19)31-12-23(13-31,21(25)32)28-14(2)3/h5-8,11,14,28H,4,9-10,12-13H2,1-3H3,(H2,25,32). The number of nitrogens with zero attached hydrogens (tertiary/aromatic N) is 5. The third-order valence-electron chi connectivity index (χ3n) is 5.63. The predicted octanol–water partition coefficient (Wildman–Crippen LogP) is 2.40. The van der Waals surface area contributed by atoms with Crippen molar-refractivity contribution in [1.29, 1.82) is 0 Å². The number of hydrogen-bond donors (Lipinski definition) is 2. The molecule has 2 aliphatic heterocycles. The fraction of sp³-hybridized carbons (Fsp3) is 0.435. The van der Waals surface area contributed by atoms with Crippen LogP contribution in [-0.2, 0) is 4.79 Å². The van der Waals surface area contributed by atoms with Gasteiger partial charge in [-0.3, -0.25) is 15.1 Å². The van der Waals surface area contributed by atoms with Crippen LogP contribution < -0.4 is 20.7 Å². The first-order chi connectivity index (χ1) is 15.8. The van der Waals surface area contributed by atoms with Crippen molar-refractivity contribution in [3.63, 3.8) is 0 Å². The van der Waals surface area contributed by atoms with E-state index in [2.05, 4.69) is 20.5 Å². The smallest absolute Gasteiger partial charge is 0.246 e. The average molecular weight is 470 g/mol. The van der Waals surface area contributed by atoms with Gasteiger partial charge in [-0.1, -0.05) is 11.6 Å². The Morgan fingerprint density at radius 3 is 2.58 bits per heavy atom. The number of allylic oxidation sites excluding steroid dienone is 1. The molecule has 1 aromatic heterocycles. The van der Waals surface area contributed by atoms with E-state index >= 15 is 0 Å². The number of dihydropyridines is 1. The highest BCUT2D eigenvalue weighted by Crippen LogP contribution is 2.34. The Bertz CT molecular complexity index is 1090. The molecule has 0 saturated carbocycles. The lowest BCUT2D eigenvalue weighted by atomic mass is 9.88. The Labute approximate surface area is 198 Å². The van der Waals surface area contributed by atoms with Crippen molar-refractivity contribution < 1.29 is 9.53 Å². The second-order valence-corrected chi connectivity index (χ2v) is 8.89. The Balaban J connectivity index is 1.70. The summed E-state index contributed by atoms with van der Waals surface area (Å²) in [6.45, 7) is 7.87. The number of aromatic nitrogens is 3. The lowest BCUT2D eigenvalue weighted by Crippen LogP contribution is -2.76. The molecule has 0 aliphatic carbocycles. The van der Waals surface area contributed by atoms with E-state index in [1.807, 2.05) is 49.9 Å². The number of anilines is 1. The van der Waals surface area contributed by atoms with E-state index in [0.717, 1.165) is 16.9 Å². The van der Waals surface area contributed by atoms with Crippen molar-refractivity contribution in [2.75, 3.05) is 31.1 Å². The number of rotatable bonds is 8. The maximum absolute atomic E-state index is 12.1. The number of amides is 1. The molecule has 1 aromatic carbocycles. The van der Waals surface area contributed by atoms with Gasteiger partial charge in [0, 0.05) is 43.0 Å². The van der Waals surface area contributed by atoms with Gasteiger partial charge >= 0.3 is 0 Å². The van der Waals surface area contributed by atoms with Crippen molar-refractivity contribution in [3.8, 4) is 17.0 Å². The van der Waals surface area contributed by atoms with Crippen LogP contribution in [0.3, 0.4) is 0 Å². The molecule has 0 radical (unpaired) electrons. The molecule has 0 unspecified atom stereocenters. The number of primary amides is 1. The topological polar surface area (TPSA) is 119 Å².